The van der Waals surface area contributed by atoms with Gasteiger partial charge >= 0.3 is 0 Å². The number of hydrogen-bond acceptors (Lipinski definition) is 7. The first-order valence-electron chi connectivity index (χ1n) is 8.80. The molecule has 4 aromatic rings. The predicted octanol–water partition coefficient (Wildman–Crippen LogP) is 4.56. The van der Waals surface area contributed by atoms with Crippen LogP contribution in [0.3, 0.4) is 0 Å². The molecule has 4 rings (SSSR count). The van der Waals surface area contributed by atoms with E-state index in [1.54, 1.807) is 54.6 Å². The number of nitrogens with zero attached hydrogens (tertiary/aromatic N) is 3. The summed E-state index contributed by atoms with van der Waals surface area (Å²) in [6.07, 6.45) is 4.44. The Hall–Kier alpha value is -4.53. The summed E-state index contributed by atoms with van der Waals surface area (Å²) in [4.78, 5) is 22.3. The highest BCUT2D eigenvalue weighted by atomic mass is 16.6. The zero-order valence-electron chi connectivity index (χ0n) is 15.4. The van der Waals surface area contributed by atoms with E-state index in [1.165, 1.54) is 24.5 Å². The number of nitrogens with one attached hydrogen (secondary N) is 1. The van der Waals surface area contributed by atoms with E-state index in [0.29, 0.717) is 28.5 Å². The molecule has 2 aromatic carbocycles. The van der Waals surface area contributed by atoms with Crippen LogP contribution in [-0.2, 0) is 4.79 Å². The average Bonchev–Trinajstić information content (AvgIpc) is 3.45. The summed E-state index contributed by atoms with van der Waals surface area (Å²) in [5.41, 5.74) is 1.95. The molecule has 1 N–H and O–H groups in total. The molecule has 0 bridgehead atoms. The van der Waals surface area contributed by atoms with Crippen molar-refractivity contribution in [3.8, 4) is 23.1 Å². The molecule has 2 heterocycles. The molecule has 148 valence electrons. The summed E-state index contributed by atoms with van der Waals surface area (Å²) in [6, 6.07) is 16.3. The van der Waals surface area contributed by atoms with E-state index in [2.05, 4.69) is 15.5 Å². The van der Waals surface area contributed by atoms with Crippen LogP contribution < -0.4 is 5.32 Å². The van der Waals surface area contributed by atoms with Gasteiger partial charge in [-0.2, -0.15) is 0 Å². The normalized spacial score (nSPS) is 10.9. The molecule has 1 amide bonds. The second-order valence-corrected chi connectivity index (χ2v) is 6.14. The number of amides is 1. The summed E-state index contributed by atoms with van der Waals surface area (Å²) in [6.45, 7) is 0. The third kappa shape index (κ3) is 4.30. The predicted molar refractivity (Wildman–Crippen MR) is 108 cm³/mol. The van der Waals surface area contributed by atoms with Crippen LogP contribution in [0.2, 0.25) is 0 Å². The van der Waals surface area contributed by atoms with Crippen molar-refractivity contribution in [1.29, 1.82) is 0 Å². The number of furan rings is 1. The van der Waals surface area contributed by atoms with Crippen LogP contribution in [0.1, 0.15) is 5.56 Å². The van der Waals surface area contributed by atoms with Gasteiger partial charge < -0.3 is 14.2 Å². The molecular formula is C21H14N4O5. The summed E-state index contributed by atoms with van der Waals surface area (Å²) >= 11 is 0. The van der Waals surface area contributed by atoms with Crippen molar-refractivity contribution >= 4 is 23.4 Å². The van der Waals surface area contributed by atoms with E-state index < -0.39 is 4.92 Å². The Morgan fingerprint density at radius 1 is 1.00 bits per heavy atom. The van der Waals surface area contributed by atoms with Crippen molar-refractivity contribution in [2.75, 3.05) is 5.32 Å². The molecule has 9 heteroatoms. The topological polar surface area (TPSA) is 124 Å². The van der Waals surface area contributed by atoms with Crippen molar-refractivity contribution in [1.82, 2.24) is 10.2 Å². The van der Waals surface area contributed by atoms with Gasteiger partial charge in [0.2, 0.25) is 11.8 Å². The Bertz CT molecular complexity index is 1190. The van der Waals surface area contributed by atoms with Gasteiger partial charge in [0, 0.05) is 29.5 Å². The maximum Gasteiger partial charge on any atom is 0.283 e. The van der Waals surface area contributed by atoms with Gasteiger partial charge in [-0.05, 0) is 60.2 Å². The first kappa shape index (κ1) is 18.8. The number of anilines is 1. The Morgan fingerprint density at radius 3 is 2.40 bits per heavy atom. The average molecular weight is 402 g/mol. The molecule has 2 aromatic heterocycles. The van der Waals surface area contributed by atoms with Crippen LogP contribution in [0.5, 0.6) is 0 Å². The van der Waals surface area contributed by atoms with E-state index in [4.69, 9.17) is 8.83 Å². The second kappa shape index (κ2) is 8.23. The van der Waals surface area contributed by atoms with Crippen molar-refractivity contribution in [2.24, 2.45) is 0 Å². The number of hydrogen-bond donors (Lipinski definition) is 1. The monoisotopic (exact) mass is 402 g/mol. The van der Waals surface area contributed by atoms with Gasteiger partial charge in [0.1, 0.15) is 0 Å². The van der Waals surface area contributed by atoms with Crippen LogP contribution in [0.15, 0.2) is 81.8 Å². The first-order chi connectivity index (χ1) is 14.6. The number of nitro benzene ring substituents is 1. The Balaban J connectivity index is 1.38. The number of carbonyl (C=O) groups is 1. The molecule has 0 saturated heterocycles. The van der Waals surface area contributed by atoms with Crippen LogP contribution in [0, 0.1) is 10.1 Å². The van der Waals surface area contributed by atoms with Gasteiger partial charge in [0.25, 0.3) is 11.6 Å². The van der Waals surface area contributed by atoms with E-state index in [0.717, 1.165) is 0 Å². The van der Waals surface area contributed by atoms with Gasteiger partial charge in [-0.25, -0.2) is 0 Å². The van der Waals surface area contributed by atoms with Gasteiger partial charge in [-0.3, -0.25) is 14.9 Å². The lowest BCUT2D eigenvalue weighted by Gasteiger charge is -2.02. The Labute approximate surface area is 169 Å². The lowest BCUT2D eigenvalue weighted by Crippen LogP contribution is -2.07. The number of carbonyl (C=O) groups excluding carboxylic acids is 1. The molecular weight excluding hydrogens is 388 g/mol. The van der Waals surface area contributed by atoms with Gasteiger partial charge in [-0.15, -0.1) is 10.2 Å². The Morgan fingerprint density at radius 2 is 1.73 bits per heavy atom. The highest BCUT2D eigenvalue weighted by molar-refractivity contribution is 6.02. The number of benzene rings is 2. The minimum atomic E-state index is -0.476. The van der Waals surface area contributed by atoms with Crippen molar-refractivity contribution < 1.29 is 18.6 Å². The molecule has 30 heavy (non-hydrogen) atoms. The van der Waals surface area contributed by atoms with Gasteiger partial charge in [0.15, 0.2) is 5.76 Å². The molecule has 0 aliphatic carbocycles. The number of non-ortho nitro benzene ring substituents is 1. The molecule has 0 unspecified atom stereocenters. The van der Waals surface area contributed by atoms with Gasteiger partial charge in [-0.1, -0.05) is 0 Å². The van der Waals surface area contributed by atoms with Crippen LogP contribution in [0.4, 0.5) is 11.4 Å². The van der Waals surface area contributed by atoms with E-state index >= 15 is 0 Å². The zero-order valence-corrected chi connectivity index (χ0v) is 15.4. The molecule has 0 radical (unpaired) electrons. The first-order valence-corrected chi connectivity index (χ1v) is 8.80. The molecule has 0 aliphatic rings. The molecule has 0 saturated carbocycles. The minimum absolute atomic E-state index is 0.00535. The van der Waals surface area contributed by atoms with Crippen LogP contribution >= 0.6 is 0 Å². The van der Waals surface area contributed by atoms with Crippen molar-refractivity contribution in [2.45, 2.75) is 0 Å². The number of aromatic nitrogens is 2. The lowest BCUT2D eigenvalue weighted by atomic mass is 10.2. The van der Waals surface area contributed by atoms with Crippen molar-refractivity contribution in [3.05, 3.63) is 88.7 Å². The third-order valence-corrected chi connectivity index (χ3v) is 4.09. The third-order valence-electron chi connectivity index (χ3n) is 4.09. The SMILES string of the molecule is O=C(C=Cc1ccc([N+](=O)[O-])cc1)Nc1ccc(-c2nnc(-c3ccco3)o2)cc1. The smallest absolute Gasteiger partial charge is 0.283 e. The van der Waals surface area contributed by atoms with Crippen molar-refractivity contribution in [3.63, 3.8) is 0 Å². The zero-order chi connectivity index (χ0) is 20.9. The lowest BCUT2D eigenvalue weighted by molar-refractivity contribution is -0.384. The summed E-state index contributed by atoms with van der Waals surface area (Å²) in [5, 5.41) is 21.3. The van der Waals surface area contributed by atoms with Crippen LogP contribution in [-0.4, -0.2) is 21.0 Å². The highest BCUT2D eigenvalue weighted by Crippen LogP contribution is 2.25. The second-order valence-electron chi connectivity index (χ2n) is 6.14. The van der Waals surface area contributed by atoms with E-state index in [9.17, 15) is 14.9 Å². The number of rotatable bonds is 6. The largest absolute Gasteiger partial charge is 0.459 e. The molecule has 0 fully saturated rings. The maximum absolute atomic E-state index is 12.1. The quantitative estimate of drug-likeness (QED) is 0.285. The summed E-state index contributed by atoms with van der Waals surface area (Å²) < 4.78 is 10.8. The fraction of sp³-hybridized carbons (Fsp3) is 0. The maximum atomic E-state index is 12.1. The van der Waals surface area contributed by atoms with Gasteiger partial charge in [0.05, 0.1) is 11.2 Å². The Kier molecular flexibility index (Phi) is 5.16. The fourth-order valence-corrected chi connectivity index (χ4v) is 2.60. The minimum Gasteiger partial charge on any atom is -0.459 e. The van der Waals surface area contributed by atoms with E-state index in [1.807, 2.05) is 0 Å². The van der Waals surface area contributed by atoms with Crippen LogP contribution in [0.25, 0.3) is 29.2 Å². The highest BCUT2D eigenvalue weighted by Gasteiger charge is 2.12. The molecule has 0 atom stereocenters. The van der Waals surface area contributed by atoms with E-state index in [-0.39, 0.29) is 17.5 Å². The molecule has 0 spiro atoms. The number of nitro groups is 1. The summed E-state index contributed by atoms with van der Waals surface area (Å²) in [7, 11) is 0. The standard InChI is InChI=1S/C21H14N4O5/c26-19(12-5-14-3-10-17(11-4-14)25(27)28)22-16-8-6-15(7-9-16)20-23-24-21(30-20)18-2-1-13-29-18/h1-13H,(H,22,26). The molecule has 9 nitrogen and oxygen atoms in total. The fourth-order valence-electron chi connectivity index (χ4n) is 2.60. The summed E-state index contributed by atoms with van der Waals surface area (Å²) in [5.74, 6) is 0.762. The molecule has 0 aliphatic heterocycles.